The lowest BCUT2D eigenvalue weighted by Crippen LogP contribution is -2.49. The Balaban J connectivity index is 1.53. The highest BCUT2D eigenvalue weighted by atomic mass is 19.4. The van der Waals surface area contributed by atoms with Crippen molar-refractivity contribution in [2.45, 2.75) is 70.0 Å². The Morgan fingerprint density at radius 3 is 2.24 bits per heavy atom. The summed E-state index contributed by atoms with van der Waals surface area (Å²) in [5.74, 6) is -2.36. The second-order valence-corrected chi connectivity index (χ2v) is 10.7. The number of hydrogen-bond donors (Lipinski definition) is 2. The SMILES string of the molecule is C=C(/C(C)=C(\N=C(N)C(F)(F)F)C(=O)N1CCC(NC2CCOCC2)CC1)N1CCc2ccc(C(F)(F)F)cc2C1. The molecule has 2 saturated heterocycles. The lowest BCUT2D eigenvalue weighted by atomic mass is 9.96. The summed E-state index contributed by atoms with van der Waals surface area (Å²) in [7, 11) is 0. The Bertz CT molecular complexity index is 1200. The number of rotatable bonds is 6. The Hall–Kier alpha value is -3.06. The number of fused-ring (bicyclic) bond motifs is 1. The molecule has 0 aromatic heterocycles. The number of nitrogens with zero attached hydrogens (tertiary/aromatic N) is 3. The molecule has 3 aliphatic heterocycles. The van der Waals surface area contributed by atoms with Gasteiger partial charge in [-0.2, -0.15) is 26.3 Å². The Morgan fingerprint density at radius 1 is 1.00 bits per heavy atom. The van der Waals surface area contributed by atoms with Crippen molar-refractivity contribution < 1.29 is 35.9 Å². The van der Waals surface area contributed by atoms with Gasteiger partial charge < -0.3 is 25.6 Å². The van der Waals surface area contributed by atoms with Crippen molar-refractivity contribution in [3.8, 4) is 0 Å². The van der Waals surface area contributed by atoms with Gasteiger partial charge in [-0.1, -0.05) is 12.6 Å². The van der Waals surface area contributed by atoms with Crippen LogP contribution in [0.4, 0.5) is 26.3 Å². The maximum atomic E-state index is 13.6. The van der Waals surface area contributed by atoms with Gasteiger partial charge in [0.05, 0.1) is 5.56 Å². The number of aliphatic imine (C=N–C) groups is 1. The number of ether oxygens (including phenoxy) is 1. The molecule has 2 fully saturated rings. The van der Waals surface area contributed by atoms with Gasteiger partial charge in [0.1, 0.15) is 5.70 Å². The summed E-state index contributed by atoms with van der Waals surface area (Å²) < 4.78 is 85.3. The van der Waals surface area contributed by atoms with E-state index in [1.54, 1.807) is 4.90 Å². The highest BCUT2D eigenvalue weighted by Gasteiger charge is 2.36. The van der Waals surface area contributed by atoms with E-state index in [9.17, 15) is 31.1 Å². The number of amides is 1. The van der Waals surface area contributed by atoms with Crippen LogP contribution in [0.15, 0.2) is 46.7 Å². The first-order valence-corrected chi connectivity index (χ1v) is 13.6. The highest BCUT2D eigenvalue weighted by Crippen LogP contribution is 2.34. The molecule has 41 heavy (non-hydrogen) atoms. The van der Waals surface area contributed by atoms with E-state index in [-0.39, 0.29) is 23.9 Å². The predicted molar refractivity (Wildman–Crippen MR) is 142 cm³/mol. The van der Waals surface area contributed by atoms with Gasteiger partial charge >= 0.3 is 12.4 Å². The number of amidine groups is 1. The first-order chi connectivity index (χ1) is 19.2. The molecule has 1 aromatic rings. The molecule has 7 nitrogen and oxygen atoms in total. The molecule has 226 valence electrons. The third kappa shape index (κ3) is 7.62. The molecule has 1 amide bonds. The molecular formula is C28H35F6N5O2. The zero-order valence-corrected chi connectivity index (χ0v) is 22.9. The molecule has 1 aromatic carbocycles. The van der Waals surface area contributed by atoms with Crippen LogP contribution in [0.1, 0.15) is 49.3 Å². The molecule has 4 rings (SSSR count). The van der Waals surface area contributed by atoms with Gasteiger partial charge in [-0.25, -0.2) is 4.99 Å². The van der Waals surface area contributed by atoms with Crippen LogP contribution < -0.4 is 11.1 Å². The van der Waals surface area contributed by atoms with Crippen molar-refractivity contribution in [1.29, 1.82) is 0 Å². The molecule has 3 heterocycles. The minimum atomic E-state index is -4.95. The van der Waals surface area contributed by atoms with Crippen LogP contribution in [0.2, 0.25) is 0 Å². The molecule has 0 bridgehead atoms. The number of nitrogens with two attached hydrogens (primary N) is 1. The maximum absolute atomic E-state index is 13.6. The van der Waals surface area contributed by atoms with Gasteiger partial charge in [0.15, 0.2) is 0 Å². The molecule has 3 N–H and O–H groups in total. The predicted octanol–water partition coefficient (Wildman–Crippen LogP) is 4.53. The van der Waals surface area contributed by atoms with Crippen LogP contribution in [-0.2, 0) is 28.7 Å². The normalized spacial score (nSPS) is 20.5. The summed E-state index contributed by atoms with van der Waals surface area (Å²) in [6.07, 6.45) is -6.01. The Morgan fingerprint density at radius 2 is 1.63 bits per heavy atom. The molecular weight excluding hydrogens is 552 g/mol. The second-order valence-electron chi connectivity index (χ2n) is 10.7. The van der Waals surface area contributed by atoms with Crippen LogP contribution in [-0.4, -0.2) is 72.7 Å². The standard InChI is InChI=1S/C28H35F6N5O2/c1-17(18(2)39-10-5-19-3-4-21(27(29,30)31)15-20(19)16-39)24(37-26(35)28(32,33)34)25(40)38-11-6-22(7-12-38)36-23-8-13-41-14-9-23/h3-4,15,22-23,36H,2,5-14,16H2,1H3,(H2,35,37)/b24-17-. The van der Waals surface area contributed by atoms with Crippen LogP contribution in [0, 0.1) is 0 Å². The van der Waals surface area contributed by atoms with E-state index in [1.165, 1.54) is 17.9 Å². The molecule has 0 saturated carbocycles. The lowest BCUT2D eigenvalue weighted by molar-refractivity contribution is -0.137. The Labute approximate surface area is 235 Å². The minimum absolute atomic E-state index is 0.0542. The fraction of sp³-hybridized carbons (Fsp3) is 0.571. The van der Waals surface area contributed by atoms with Crippen molar-refractivity contribution >= 4 is 11.7 Å². The quantitative estimate of drug-likeness (QED) is 0.168. The monoisotopic (exact) mass is 587 g/mol. The van der Waals surface area contributed by atoms with Crippen LogP contribution >= 0.6 is 0 Å². The molecule has 3 aliphatic rings. The molecule has 0 atom stereocenters. The summed E-state index contributed by atoms with van der Waals surface area (Å²) in [5.41, 5.74) is 5.43. The topological polar surface area (TPSA) is 83.2 Å². The largest absolute Gasteiger partial charge is 0.448 e. The van der Waals surface area contributed by atoms with Crippen LogP contribution in [0.5, 0.6) is 0 Å². The van der Waals surface area contributed by atoms with Gasteiger partial charge in [-0.3, -0.25) is 4.79 Å². The van der Waals surface area contributed by atoms with Crippen molar-refractivity contribution in [2.24, 2.45) is 10.7 Å². The van der Waals surface area contributed by atoms with Crippen molar-refractivity contribution in [3.63, 3.8) is 0 Å². The number of alkyl halides is 6. The number of likely N-dealkylation sites (tertiary alicyclic amines) is 1. The highest BCUT2D eigenvalue weighted by molar-refractivity contribution is 5.99. The van der Waals surface area contributed by atoms with Gasteiger partial charge in [0.2, 0.25) is 5.84 Å². The summed E-state index contributed by atoms with van der Waals surface area (Å²) in [4.78, 5) is 20.2. The van der Waals surface area contributed by atoms with E-state index in [1.807, 2.05) is 0 Å². The van der Waals surface area contributed by atoms with Crippen molar-refractivity contribution in [2.75, 3.05) is 32.8 Å². The van der Waals surface area contributed by atoms with E-state index in [2.05, 4.69) is 16.9 Å². The number of carbonyl (C=O) groups is 1. The fourth-order valence-corrected chi connectivity index (χ4v) is 5.41. The summed E-state index contributed by atoms with van der Waals surface area (Å²) in [5, 5.41) is 3.59. The van der Waals surface area contributed by atoms with E-state index in [0.29, 0.717) is 63.7 Å². The van der Waals surface area contributed by atoms with Crippen LogP contribution in [0.3, 0.4) is 0 Å². The number of nitrogens with one attached hydrogen (secondary N) is 1. The number of carbonyl (C=O) groups excluding carboxylic acids is 1. The molecule has 0 spiro atoms. The van der Waals surface area contributed by atoms with E-state index in [0.717, 1.165) is 30.5 Å². The summed E-state index contributed by atoms with van der Waals surface area (Å²) in [6.45, 7) is 7.85. The lowest BCUT2D eigenvalue weighted by Gasteiger charge is -2.36. The first kappa shape index (κ1) is 30.9. The third-order valence-electron chi connectivity index (χ3n) is 7.92. The number of hydrogen-bond acceptors (Lipinski definition) is 5. The minimum Gasteiger partial charge on any atom is -0.381 e. The number of halogens is 6. The molecule has 0 unspecified atom stereocenters. The van der Waals surface area contributed by atoms with Gasteiger partial charge in [0.25, 0.3) is 5.91 Å². The number of allylic oxidation sites excluding steroid dienone is 1. The van der Waals surface area contributed by atoms with E-state index in [4.69, 9.17) is 10.5 Å². The van der Waals surface area contributed by atoms with Crippen molar-refractivity contribution in [3.05, 3.63) is 58.4 Å². The fourth-order valence-electron chi connectivity index (χ4n) is 5.41. The maximum Gasteiger partial charge on any atom is 0.448 e. The van der Waals surface area contributed by atoms with Gasteiger partial charge in [-0.05, 0) is 62.3 Å². The van der Waals surface area contributed by atoms with E-state index < -0.39 is 35.4 Å². The first-order valence-electron chi connectivity index (χ1n) is 13.6. The van der Waals surface area contributed by atoms with Gasteiger partial charge in [0, 0.05) is 62.7 Å². The molecule has 0 aliphatic carbocycles. The van der Waals surface area contributed by atoms with Gasteiger partial charge in [-0.15, -0.1) is 0 Å². The second kappa shape index (κ2) is 12.4. The Kier molecular flexibility index (Phi) is 9.37. The summed E-state index contributed by atoms with van der Waals surface area (Å²) >= 11 is 0. The zero-order valence-electron chi connectivity index (χ0n) is 22.9. The molecule has 0 radical (unpaired) electrons. The smallest absolute Gasteiger partial charge is 0.381 e. The number of benzene rings is 1. The average Bonchev–Trinajstić information content (AvgIpc) is 2.94. The van der Waals surface area contributed by atoms with Crippen molar-refractivity contribution in [1.82, 2.24) is 15.1 Å². The third-order valence-corrected chi connectivity index (χ3v) is 7.92. The van der Waals surface area contributed by atoms with E-state index >= 15 is 0 Å². The molecule has 13 heteroatoms. The zero-order chi connectivity index (χ0) is 29.9. The average molecular weight is 588 g/mol. The van der Waals surface area contributed by atoms with Crippen LogP contribution in [0.25, 0.3) is 0 Å². The number of piperidine rings is 1. The summed E-state index contributed by atoms with van der Waals surface area (Å²) in [6, 6.07) is 4.03.